The first-order valence-corrected chi connectivity index (χ1v) is 6.18. The summed E-state index contributed by atoms with van der Waals surface area (Å²) in [5, 5.41) is 18.9. The van der Waals surface area contributed by atoms with Crippen LogP contribution in [0.3, 0.4) is 0 Å². The number of H-pyrrole nitrogens is 1. The van der Waals surface area contributed by atoms with Crippen molar-refractivity contribution in [2.24, 2.45) is 5.92 Å². The molecule has 108 valence electrons. The largest absolute Gasteiger partial charge is 0.396 e. The summed E-state index contributed by atoms with van der Waals surface area (Å²) in [5.41, 5.74) is 5.21. The van der Waals surface area contributed by atoms with Crippen LogP contribution in [0.2, 0.25) is 0 Å². The number of alkyl halides is 1. The molecule has 8 nitrogen and oxygen atoms in total. The highest BCUT2D eigenvalue weighted by atomic mass is 19.1. The van der Waals surface area contributed by atoms with Crippen molar-refractivity contribution in [3.05, 3.63) is 16.7 Å². The van der Waals surface area contributed by atoms with E-state index < -0.39 is 36.4 Å². The van der Waals surface area contributed by atoms with Crippen LogP contribution in [0.15, 0.2) is 11.1 Å². The van der Waals surface area contributed by atoms with Crippen LogP contribution < -0.4 is 11.3 Å². The lowest BCUT2D eigenvalue weighted by atomic mass is 10.1. The molecule has 0 saturated heterocycles. The summed E-state index contributed by atoms with van der Waals surface area (Å²) in [6.07, 6.45) is -0.978. The lowest BCUT2D eigenvalue weighted by Gasteiger charge is -2.17. The minimum Gasteiger partial charge on any atom is -0.396 e. The number of fused-ring (bicyclic) bond motifs is 1. The number of halogens is 1. The Morgan fingerprint density at radius 3 is 3.00 bits per heavy atom. The van der Waals surface area contributed by atoms with Gasteiger partial charge in [0.05, 0.1) is 25.1 Å². The Balaban J connectivity index is 2.10. The van der Waals surface area contributed by atoms with Gasteiger partial charge >= 0.3 is 0 Å². The second-order valence-electron chi connectivity index (χ2n) is 4.94. The number of aromatic amines is 1. The summed E-state index contributed by atoms with van der Waals surface area (Å²) < 4.78 is 15.7. The summed E-state index contributed by atoms with van der Waals surface area (Å²) in [4.78, 5) is 21.8. The van der Waals surface area contributed by atoms with E-state index in [2.05, 4.69) is 15.0 Å². The van der Waals surface area contributed by atoms with Crippen LogP contribution in [0.25, 0.3) is 11.2 Å². The van der Waals surface area contributed by atoms with E-state index in [0.717, 1.165) is 0 Å². The molecule has 2 aromatic rings. The Kier molecular flexibility index (Phi) is 2.94. The molecule has 1 aliphatic carbocycles. The lowest BCUT2D eigenvalue weighted by Crippen LogP contribution is -2.26. The predicted molar refractivity (Wildman–Crippen MR) is 67.7 cm³/mol. The van der Waals surface area contributed by atoms with Crippen molar-refractivity contribution in [2.45, 2.75) is 24.7 Å². The summed E-state index contributed by atoms with van der Waals surface area (Å²) in [7, 11) is 0. The molecule has 0 bridgehead atoms. The molecule has 0 aromatic carbocycles. The Hall–Kier alpha value is -2.00. The summed E-state index contributed by atoms with van der Waals surface area (Å²) in [6, 6.07) is -0.735. The van der Waals surface area contributed by atoms with Gasteiger partial charge in [-0.15, -0.1) is 0 Å². The van der Waals surface area contributed by atoms with Crippen LogP contribution in [0, 0.1) is 5.92 Å². The van der Waals surface area contributed by atoms with Gasteiger partial charge in [0.15, 0.2) is 11.2 Å². The fraction of sp³-hybridized carbons (Fsp3) is 0.545. The quantitative estimate of drug-likeness (QED) is 0.556. The van der Waals surface area contributed by atoms with Gasteiger partial charge in [-0.25, -0.2) is 9.37 Å². The maximum absolute atomic E-state index is 14.3. The van der Waals surface area contributed by atoms with E-state index >= 15 is 0 Å². The van der Waals surface area contributed by atoms with Crippen molar-refractivity contribution in [2.75, 3.05) is 12.3 Å². The van der Waals surface area contributed by atoms with Crippen molar-refractivity contribution in [1.82, 2.24) is 19.5 Å². The highest BCUT2D eigenvalue weighted by Gasteiger charge is 2.44. The van der Waals surface area contributed by atoms with Gasteiger partial charge in [-0.3, -0.25) is 9.78 Å². The molecule has 1 aliphatic rings. The van der Waals surface area contributed by atoms with E-state index in [1.54, 1.807) is 0 Å². The Morgan fingerprint density at radius 1 is 1.60 bits per heavy atom. The van der Waals surface area contributed by atoms with Crippen LogP contribution in [-0.4, -0.2) is 48.6 Å². The average Bonchev–Trinajstić information content (AvgIpc) is 2.91. The monoisotopic (exact) mass is 283 g/mol. The molecule has 2 heterocycles. The van der Waals surface area contributed by atoms with E-state index in [0.29, 0.717) is 0 Å². The first-order chi connectivity index (χ1) is 9.52. The van der Waals surface area contributed by atoms with E-state index in [1.165, 1.54) is 10.9 Å². The van der Waals surface area contributed by atoms with Crippen LogP contribution in [0.5, 0.6) is 0 Å². The molecule has 20 heavy (non-hydrogen) atoms. The second-order valence-corrected chi connectivity index (χ2v) is 4.94. The van der Waals surface area contributed by atoms with Crippen LogP contribution in [0.1, 0.15) is 12.5 Å². The van der Waals surface area contributed by atoms with Crippen LogP contribution in [0.4, 0.5) is 10.3 Å². The third-order valence-corrected chi connectivity index (χ3v) is 3.77. The molecule has 1 fully saturated rings. The number of hydrogen-bond donors (Lipinski definition) is 4. The van der Waals surface area contributed by atoms with Crippen molar-refractivity contribution >= 4 is 17.1 Å². The van der Waals surface area contributed by atoms with Crippen molar-refractivity contribution in [3.8, 4) is 0 Å². The summed E-state index contributed by atoms with van der Waals surface area (Å²) in [5.74, 6) is -0.936. The maximum Gasteiger partial charge on any atom is 0.280 e. The molecule has 0 aliphatic heterocycles. The molecule has 0 spiro atoms. The number of nitrogens with zero attached hydrogens (tertiary/aromatic N) is 3. The highest BCUT2D eigenvalue weighted by molar-refractivity contribution is 5.70. The lowest BCUT2D eigenvalue weighted by molar-refractivity contribution is 0.0593. The normalized spacial score (nSPS) is 30.1. The molecule has 9 heteroatoms. The van der Waals surface area contributed by atoms with Crippen molar-refractivity contribution < 1.29 is 14.6 Å². The first kappa shape index (κ1) is 13.0. The van der Waals surface area contributed by atoms with Gasteiger partial charge in [-0.2, -0.15) is 4.98 Å². The van der Waals surface area contributed by atoms with E-state index in [9.17, 15) is 14.3 Å². The zero-order valence-electron chi connectivity index (χ0n) is 10.4. The number of hydrogen-bond acceptors (Lipinski definition) is 6. The number of imidazole rings is 1. The van der Waals surface area contributed by atoms with Gasteiger partial charge in [0, 0.05) is 5.92 Å². The Morgan fingerprint density at radius 2 is 2.35 bits per heavy atom. The van der Waals surface area contributed by atoms with E-state index in [-0.39, 0.29) is 23.5 Å². The standard InChI is InChI=1S/C11H14FN5O3/c12-7-4(2-18)6(19)1-5(7)17-3-14-8-9(17)15-11(13)16-10(8)20/h3-7,18-19H,1-2H2,(H3,13,15,16,20). The zero-order valence-corrected chi connectivity index (χ0v) is 10.4. The smallest absolute Gasteiger partial charge is 0.280 e. The zero-order chi connectivity index (χ0) is 14.4. The van der Waals surface area contributed by atoms with Gasteiger partial charge in [-0.1, -0.05) is 0 Å². The number of nitrogens with two attached hydrogens (primary N) is 1. The molecule has 0 radical (unpaired) electrons. The number of aromatic nitrogens is 4. The minimum atomic E-state index is -1.45. The van der Waals surface area contributed by atoms with Gasteiger partial charge in [-0.05, 0) is 6.42 Å². The third-order valence-electron chi connectivity index (χ3n) is 3.77. The summed E-state index contributed by atoms with van der Waals surface area (Å²) >= 11 is 0. The van der Waals surface area contributed by atoms with E-state index in [4.69, 9.17) is 10.8 Å². The Labute approximate surface area is 112 Å². The SMILES string of the molecule is Nc1nc2c(ncn2C2CC(O)C(CO)C2F)c(=O)[nH]1. The highest BCUT2D eigenvalue weighted by Crippen LogP contribution is 2.38. The van der Waals surface area contributed by atoms with Crippen LogP contribution >= 0.6 is 0 Å². The van der Waals surface area contributed by atoms with Gasteiger partial charge in [0.25, 0.3) is 5.56 Å². The molecular formula is C11H14FN5O3. The first-order valence-electron chi connectivity index (χ1n) is 6.18. The number of aliphatic hydroxyl groups excluding tert-OH is 2. The number of rotatable bonds is 2. The number of nitrogen functional groups attached to an aromatic ring is 1. The third kappa shape index (κ3) is 1.78. The van der Waals surface area contributed by atoms with Gasteiger partial charge in [0.2, 0.25) is 5.95 Å². The molecule has 2 aromatic heterocycles. The molecule has 4 unspecified atom stereocenters. The van der Waals surface area contributed by atoms with Gasteiger partial charge in [0.1, 0.15) is 6.17 Å². The predicted octanol–water partition coefficient (Wildman–Crippen LogP) is -1.05. The fourth-order valence-electron chi connectivity index (χ4n) is 2.72. The fourth-order valence-corrected chi connectivity index (χ4v) is 2.72. The number of aliphatic hydroxyl groups is 2. The number of anilines is 1. The Bertz CT molecular complexity index is 699. The van der Waals surface area contributed by atoms with Crippen LogP contribution in [-0.2, 0) is 0 Å². The topological polar surface area (TPSA) is 130 Å². The van der Waals surface area contributed by atoms with Crippen molar-refractivity contribution in [1.29, 1.82) is 0 Å². The second kappa shape index (κ2) is 4.53. The molecule has 3 rings (SSSR count). The molecule has 4 atom stereocenters. The minimum absolute atomic E-state index is 0.0633. The van der Waals surface area contributed by atoms with E-state index in [1.807, 2.05) is 0 Å². The van der Waals surface area contributed by atoms with Gasteiger partial charge < -0.3 is 20.5 Å². The summed E-state index contributed by atoms with van der Waals surface area (Å²) in [6.45, 7) is -0.443. The number of nitrogens with one attached hydrogen (secondary N) is 1. The van der Waals surface area contributed by atoms with Crippen molar-refractivity contribution in [3.63, 3.8) is 0 Å². The average molecular weight is 283 g/mol. The molecular weight excluding hydrogens is 269 g/mol. The maximum atomic E-state index is 14.3. The molecule has 5 N–H and O–H groups in total. The molecule has 1 saturated carbocycles. The molecule has 0 amide bonds.